The number of rotatable bonds is 4. The summed E-state index contributed by atoms with van der Waals surface area (Å²) in [5.41, 5.74) is 7.50. The third-order valence-corrected chi connectivity index (χ3v) is 4.99. The lowest BCUT2D eigenvalue weighted by Crippen LogP contribution is -2.15. The molecule has 0 heterocycles. The minimum absolute atomic E-state index is 0.929. The Morgan fingerprint density at radius 3 is 2.15 bits per heavy atom. The molecule has 0 unspecified atom stereocenters. The second-order valence-electron chi connectivity index (χ2n) is 7.00. The van der Waals surface area contributed by atoms with E-state index in [0.29, 0.717) is 0 Å². The summed E-state index contributed by atoms with van der Waals surface area (Å²) in [7, 11) is 0. The molecule has 0 saturated heterocycles. The molecule has 2 aliphatic rings. The average molecular weight is 351 g/mol. The van der Waals surface area contributed by atoms with Gasteiger partial charge >= 0.3 is 0 Å². The van der Waals surface area contributed by atoms with Crippen molar-refractivity contribution < 1.29 is 0 Å². The van der Waals surface area contributed by atoms with Gasteiger partial charge in [0.1, 0.15) is 0 Å². The first-order valence-corrected chi connectivity index (χ1v) is 9.68. The van der Waals surface area contributed by atoms with E-state index in [1.54, 1.807) is 0 Å². The van der Waals surface area contributed by atoms with Crippen LogP contribution in [0.15, 0.2) is 114 Å². The number of anilines is 2. The Morgan fingerprint density at radius 1 is 0.667 bits per heavy atom. The Balaban J connectivity index is 1.69. The van der Waals surface area contributed by atoms with Gasteiger partial charge < -0.3 is 4.90 Å². The van der Waals surface area contributed by atoms with Crippen molar-refractivity contribution in [1.82, 2.24) is 0 Å². The van der Waals surface area contributed by atoms with Gasteiger partial charge in [0, 0.05) is 17.1 Å². The summed E-state index contributed by atoms with van der Waals surface area (Å²) >= 11 is 0. The molecule has 134 valence electrons. The Labute approximate surface area is 162 Å². The largest absolute Gasteiger partial charge is 0.311 e. The lowest BCUT2D eigenvalue weighted by atomic mass is 9.99. The second-order valence-corrected chi connectivity index (χ2v) is 7.00. The molecule has 0 aromatic heterocycles. The highest BCUT2D eigenvalue weighted by Crippen LogP contribution is 2.32. The minimum atomic E-state index is 0.929. The van der Waals surface area contributed by atoms with Gasteiger partial charge in [-0.05, 0) is 67.7 Å². The van der Waals surface area contributed by atoms with Crippen LogP contribution < -0.4 is 4.90 Å². The van der Waals surface area contributed by atoms with Crippen LogP contribution in [0.25, 0.3) is 0 Å². The minimum Gasteiger partial charge on any atom is -0.311 e. The summed E-state index contributed by atoms with van der Waals surface area (Å²) in [5, 5.41) is 0. The van der Waals surface area contributed by atoms with Crippen molar-refractivity contribution in [3.05, 3.63) is 120 Å². The number of hydrogen-bond donors (Lipinski definition) is 0. The van der Waals surface area contributed by atoms with Crippen LogP contribution >= 0.6 is 0 Å². The molecule has 0 spiro atoms. The maximum absolute atomic E-state index is 2.34. The topological polar surface area (TPSA) is 3.24 Å². The van der Waals surface area contributed by atoms with Crippen molar-refractivity contribution in [2.75, 3.05) is 4.90 Å². The fourth-order valence-electron chi connectivity index (χ4n) is 3.54. The Morgan fingerprint density at radius 2 is 1.41 bits per heavy atom. The van der Waals surface area contributed by atoms with Gasteiger partial charge in [-0.3, -0.25) is 0 Å². The van der Waals surface area contributed by atoms with E-state index in [1.807, 2.05) is 0 Å². The van der Waals surface area contributed by atoms with Crippen molar-refractivity contribution in [2.24, 2.45) is 0 Å². The SMILES string of the molecule is Cc1ccc(N(C2=CCC=C(C3=CCCC=C3)C=C2)c2ccccc2)cc1. The fraction of sp³-hybridized carbons (Fsp3) is 0.154. The number of hydrogen-bond acceptors (Lipinski definition) is 1. The zero-order chi connectivity index (χ0) is 18.5. The van der Waals surface area contributed by atoms with E-state index in [1.165, 1.54) is 33.8 Å². The van der Waals surface area contributed by atoms with Crippen molar-refractivity contribution in [1.29, 1.82) is 0 Å². The lowest BCUT2D eigenvalue weighted by Gasteiger charge is -2.26. The number of allylic oxidation sites excluding steroid dienone is 9. The summed E-state index contributed by atoms with van der Waals surface area (Å²) in [5.74, 6) is 0. The van der Waals surface area contributed by atoms with Crippen molar-refractivity contribution in [2.45, 2.75) is 26.2 Å². The molecule has 1 heteroatoms. The van der Waals surface area contributed by atoms with Crippen molar-refractivity contribution in [3.63, 3.8) is 0 Å². The van der Waals surface area contributed by atoms with E-state index in [9.17, 15) is 0 Å². The van der Waals surface area contributed by atoms with Crippen molar-refractivity contribution in [3.8, 4) is 0 Å². The highest BCUT2D eigenvalue weighted by molar-refractivity contribution is 5.71. The molecule has 2 aromatic rings. The molecule has 0 bridgehead atoms. The Hall–Kier alpha value is -3.06. The molecule has 4 rings (SSSR count). The van der Waals surface area contributed by atoms with E-state index in [2.05, 4.69) is 109 Å². The molecule has 2 aromatic carbocycles. The highest BCUT2D eigenvalue weighted by Gasteiger charge is 2.14. The molecule has 0 amide bonds. The van der Waals surface area contributed by atoms with Crippen LogP contribution in [0.4, 0.5) is 11.4 Å². The maximum atomic E-state index is 2.34. The van der Waals surface area contributed by atoms with E-state index >= 15 is 0 Å². The summed E-state index contributed by atoms with van der Waals surface area (Å²) in [4.78, 5) is 2.33. The van der Waals surface area contributed by atoms with Gasteiger partial charge in [-0.15, -0.1) is 0 Å². The zero-order valence-corrected chi connectivity index (χ0v) is 15.8. The summed E-state index contributed by atoms with van der Waals surface area (Å²) in [6.07, 6.45) is 19.2. The van der Waals surface area contributed by atoms with Crippen LogP contribution in [0.1, 0.15) is 24.8 Å². The van der Waals surface area contributed by atoms with Gasteiger partial charge in [0.25, 0.3) is 0 Å². The first-order chi connectivity index (χ1) is 13.3. The van der Waals surface area contributed by atoms with E-state index in [-0.39, 0.29) is 0 Å². The monoisotopic (exact) mass is 351 g/mol. The molecule has 2 aliphatic carbocycles. The third-order valence-electron chi connectivity index (χ3n) is 4.99. The molecule has 0 atom stereocenters. The van der Waals surface area contributed by atoms with Gasteiger partial charge in [-0.1, -0.05) is 72.4 Å². The predicted molar refractivity (Wildman–Crippen MR) is 116 cm³/mol. The van der Waals surface area contributed by atoms with Gasteiger partial charge in [-0.25, -0.2) is 0 Å². The quantitative estimate of drug-likeness (QED) is 0.564. The Kier molecular flexibility index (Phi) is 5.20. The number of aryl methyl sites for hydroxylation is 1. The molecular formula is C26H25N. The standard InChI is InChI=1S/C26H25N/c1-21-15-18-26(19-16-21)27(24-12-6-3-7-13-24)25-14-8-11-23(17-20-25)22-9-4-2-5-10-22/h3-4,6-7,9-20H,2,5,8H2,1H3. The highest BCUT2D eigenvalue weighted by atomic mass is 15.1. The second kappa shape index (κ2) is 8.09. The molecule has 0 N–H and O–H groups in total. The van der Waals surface area contributed by atoms with Gasteiger partial charge in [-0.2, -0.15) is 0 Å². The summed E-state index contributed by atoms with van der Waals surface area (Å²) in [6, 6.07) is 19.3. The van der Waals surface area contributed by atoms with E-state index in [4.69, 9.17) is 0 Å². The Bertz CT molecular complexity index is 937. The van der Waals surface area contributed by atoms with E-state index < -0.39 is 0 Å². The van der Waals surface area contributed by atoms with Crippen LogP contribution in [0.5, 0.6) is 0 Å². The van der Waals surface area contributed by atoms with Gasteiger partial charge in [0.05, 0.1) is 0 Å². The van der Waals surface area contributed by atoms with Crippen LogP contribution in [0.3, 0.4) is 0 Å². The van der Waals surface area contributed by atoms with Gasteiger partial charge in [0.15, 0.2) is 0 Å². The zero-order valence-electron chi connectivity index (χ0n) is 15.8. The fourth-order valence-corrected chi connectivity index (χ4v) is 3.54. The first-order valence-electron chi connectivity index (χ1n) is 9.68. The van der Waals surface area contributed by atoms with Crippen LogP contribution in [0, 0.1) is 6.92 Å². The number of nitrogens with zero attached hydrogens (tertiary/aromatic N) is 1. The third kappa shape index (κ3) is 4.03. The number of para-hydroxylation sites is 1. The molecular weight excluding hydrogens is 326 g/mol. The van der Waals surface area contributed by atoms with E-state index in [0.717, 1.165) is 19.3 Å². The van der Waals surface area contributed by atoms with Crippen molar-refractivity contribution >= 4 is 11.4 Å². The van der Waals surface area contributed by atoms with Gasteiger partial charge in [0.2, 0.25) is 0 Å². The van der Waals surface area contributed by atoms with Crippen LogP contribution in [0.2, 0.25) is 0 Å². The predicted octanol–water partition coefficient (Wildman–Crippen LogP) is 7.18. The first kappa shape index (κ1) is 17.4. The molecule has 0 aliphatic heterocycles. The molecule has 1 nitrogen and oxygen atoms in total. The molecule has 27 heavy (non-hydrogen) atoms. The molecule has 0 saturated carbocycles. The maximum Gasteiger partial charge on any atom is 0.0461 e. The molecule has 0 fully saturated rings. The smallest absolute Gasteiger partial charge is 0.0461 e. The van der Waals surface area contributed by atoms with Crippen LogP contribution in [-0.4, -0.2) is 0 Å². The summed E-state index contributed by atoms with van der Waals surface area (Å²) < 4.78 is 0. The normalized spacial score (nSPS) is 16.3. The number of benzene rings is 2. The molecule has 0 radical (unpaired) electrons. The average Bonchev–Trinajstić information content (AvgIpc) is 2.97. The van der Waals surface area contributed by atoms with Crippen LogP contribution in [-0.2, 0) is 0 Å². The summed E-state index contributed by atoms with van der Waals surface area (Å²) in [6.45, 7) is 2.13. The lowest BCUT2D eigenvalue weighted by molar-refractivity contribution is 1.02.